The number of nitrogens with two attached hydrogens (primary N) is 1. The topological polar surface area (TPSA) is 55.9 Å². The van der Waals surface area contributed by atoms with Crippen LogP contribution in [0, 0.1) is 18.6 Å². The quantitative estimate of drug-likeness (QED) is 0.655. The predicted molar refractivity (Wildman–Crippen MR) is 68.1 cm³/mol. The molecule has 1 unspecified atom stereocenters. The van der Waals surface area contributed by atoms with Crippen molar-refractivity contribution in [2.24, 2.45) is 12.9 Å². The molecule has 1 atom stereocenters. The fraction of sp³-hybridized carbons (Fsp3) is 0.308. The first-order valence-electron chi connectivity index (χ1n) is 5.92. The lowest BCUT2D eigenvalue weighted by Gasteiger charge is -2.16. The summed E-state index contributed by atoms with van der Waals surface area (Å²) in [6.45, 7) is 1.86. The van der Waals surface area contributed by atoms with Gasteiger partial charge in [0.15, 0.2) is 11.6 Å². The van der Waals surface area contributed by atoms with Gasteiger partial charge in [-0.1, -0.05) is 12.1 Å². The van der Waals surface area contributed by atoms with Crippen molar-refractivity contribution in [1.29, 1.82) is 0 Å². The summed E-state index contributed by atoms with van der Waals surface area (Å²) in [7, 11) is 1.79. The first-order chi connectivity index (χ1) is 9.02. The number of rotatable bonds is 4. The van der Waals surface area contributed by atoms with Crippen LogP contribution in [-0.4, -0.2) is 9.78 Å². The number of hydrogen-bond donors (Lipinski definition) is 2. The molecule has 3 N–H and O–H groups in total. The van der Waals surface area contributed by atoms with Crippen LogP contribution in [0.4, 0.5) is 8.78 Å². The molecule has 0 saturated carbocycles. The molecule has 1 aromatic heterocycles. The molecule has 0 bridgehead atoms. The van der Waals surface area contributed by atoms with Crippen LogP contribution in [0.2, 0.25) is 0 Å². The molecule has 2 aromatic rings. The van der Waals surface area contributed by atoms with E-state index in [0.717, 1.165) is 17.5 Å². The molecule has 0 radical (unpaired) electrons. The lowest BCUT2D eigenvalue weighted by molar-refractivity contribution is 0.469. The number of benzene rings is 1. The van der Waals surface area contributed by atoms with Crippen LogP contribution in [0.25, 0.3) is 0 Å². The van der Waals surface area contributed by atoms with Gasteiger partial charge in [-0.05, 0) is 31.0 Å². The van der Waals surface area contributed by atoms with E-state index in [1.165, 1.54) is 6.07 Å². The van der Waals surface area contributed by atoms with E-state index >= 15 is 0 Å². The zero-order valence-electron chi connectivity index (χ0n) is 10.8. The van der Waals surface area contributed by atoms with E-state index in [2.05, 4.69) is 10.5 Å². The summed E-state index contributed by atoms with van der Waals surface area (Å²) in [6, 6.07) is 5.66. The highest BCUT2D eigenvalue weighted by Crippen LogP contribution is 2.21. The van der Waals surface area contributed by atoms with E-state index < -0.39 is 11.6 Å². The highest BCUT2D eigenvalue weighted by Gasteiger charge is 2.18. The van der Waals surface area contributed by atoms with Crippen LogP contribution in [0.15, 0.2) is 24.3 Å². The molecule has 2 rings (SSSR count). The Morgan fingerprint density at radius 2 is 2.16 bits per heavy atom. The summed E-state index contributed by atoms with van der Waals surface area (Å²) in [5.74, 6) is 3.83. The summed E-state index contributed by atoms with van der Waals surface area (Å²) in [6.07, 6.45) is 0.249. The average Bonchev–Trinajstić information content (AvgIpc) is 2.70. The van der Waals surface area contributed by atoms with Gasteiger partial charge in [-0.2, -0.15) is 5.10 Å². The Hall–Kier alpha value is -1.79. The van der Waals surface area contributed by atoms with E-state index in [-0.39, 0.29) is 18.0 Å². The van der Waals surface area contributed by atoms with E-state index in [4.69, 9.17) is 5.84 Å². The van der Waals surface area contributed by atoms with Crippen molar-refractivity contribution in [1.82, 2.24) is 15.2 Å². The lowest BCUT2D eigenvalue weighted by Crippen LogP contribution is -2.31. The second kappa shape index (κ2) is 5.46. The first-order valence-corrected chi connectivity index (χ1v) is 5.92. The zero-order chi connectivity index (χ0) is 14.0. The minimum atomic E-state index is -0.852. The van der Waals surface area contributed by atoms with Crippen molar-refractivity contribution in [2.45, 2.75) is 19.4 Å². The molecule has 102 valence electrons. The van der Waals surface area contributed by atoms with Gasteiger partial charge in [-0.3, -0.25) is 16.0 Å². The van der Waals surface area contributed by atoms with Crippen molar-refractivity contribution in [2.75, 3.05) is 0 Å². The van der Waals surface area contributed by atoms with Gasteiger partial charge < -0.3 is 0 Å². The molecule has 0 saturated heterocycles. The Bertz CT molecular complexity index is 580. The summed E-state index contributed by atoms with van der Waals surface area (Å²) >= 11 is 0. The van der Waals surface area contributed by atoms with Gasteiger partial charge in [0.1, 0.15) is 0 Å². The molecule has 19 heavy (non-hydrogen) atoms. The Kier molecular flexibility index (Phi) is 3.92. The van der Waals surface area contributed by atoms with E-state index in [9.17, 15) is 8.78 Å². The number of nitrogens with zero attached hydrogens (tertiary/aromatic N) is 2. The van der Waals surface area contributed by atoms with Gasteiger partial charge in [-0.15, -0.1) is 0 Å². The fourth-order valence-corrected chi connectivity index (χ4v) is 2.13. The number of aryl methyl sites for hydroxylation is 2. The highest BCUT2D eigenvalue weighted by atomic mass is 19.2. The van der Waals surface area contributed by atoms with Crippen LogP contribution in [0.1, 0.15) is 23.0 Å². The number of hydrogen-bond acceptors (Lipinski definition) is 3. The Morgan fingerprint density at radius 3 is 2.74 bits per heavy atom. The number of halogens is 2. The van der Waals surface area contributed by atoms with Gasteiger partial charge in [0, 0.05) is 7.05 Å². The molecular weight excluding hydrogens is 250 g/mol. The van der Waals surface area contributed by atoms with E-state index in [1.807, 2.05) is 13.0 Å². The molecule has 0 fully saturated rings. The SMILES string of the molecule is Cc1cc(C(Cc2cccc(F)c2F)NN)n(C)n1. The monoisotopic (exact) mass is 266 g/mol. The maximum atomic E-state index is 13.7. The average molecular weight is 266 g/mol. The molecular formula is C13H16F2N4. The molecule has 1 aromatic carbocycles. The minimum absolute atomic E-state index is 0.249. The largest absolute Gasteiger partial charge is 0.271 e. The summed E-state index contributed by atoms with van der Waals surface area (Å²) < 4.78 is 28.5. The Labute approximate surface area is 110 Å². The van der Waals surface area contributed by atoms with Crippen molar-refractivity contribution < 1.29 is 8.78 Å². The summed E-state index contributed by atoms with van der Waals surface area (Å²) in [5.41, 5.74) is 4.56. The molecule has 0 aliphatic carbocycles. The van der Waals surface area contributed by atoms with Crippen LogP contribution in [0.3, 0.4) is 0 Å². The van der Waals surface area contributed by atoms with Crippen LogP contribution in [-0.2, 0) is 13.5 Å². The van der Waals surface area contributed by atoms with Gasteiger partial charge in [0.2, 0.25) is 0 Å². The zero-order valence-corrected chi connectivity index (χ0v) is 10.8. The number of nitrogens with one attached hydrogen (secondary N) is 1. The third-order valence-electron chi connectivity index (χ3n) is 3.05. The first kappa shape index (κ1) is 13.6. The highest BCUT2D eigenvalue weighted by molar-refractivity contribution is 5.23. The van der Waals surface area contributed by atoms with E-state index in [1.54, 1.807) is 17.8 Å². The van der Waals surface area contributed by atoms with Crippen molar-refractivity contribution in [3.63, 3.8) is 0 Å². The molecule has 0 aliphatic heterocycles. The number of aromatic nitrogens is 2. The minimum Gasteiger partial charge on any atom is -0.271 e. The smallest absolute Gasteiger partial charge is 0.162 e. The summed E-state index contributed by atoms with van der Waals surface area (Å²) in [5, 5.41) is 4.21. The second-order valence-electron chi connectivity index (χ2n) is 4.47. The van der Waals surface area contributed by atoms with Gasteiger partial charge in [0.05, 0.1) is 17.4 Å². The molecule has 0 aliphatic rings. The molecule has 0 amide bonds. The summed E-state index contributed by atoms with van der Waals surface area (Å²) in [4.78, 5) is 0. The molecule has 6 heteroatoms. The molecule has 0 spiro atoms. The third-order valence-corrected chi connectivity index (χ3v) is 3.05. The van der Waals surface area contributed by atoms with Crippen LogP contribution >= 0.6 is 0 Å². The normalized spacial score (nSPS) is 12.7. The predicted octanol–water partition coefficient (Wildman–Crippen LogP) is 1.75. The fourth-order valence-electron chi connectivity index (χ4n) is 2.13. The Balaban J connectivity index is 2.29. The number of hydrazine groups is 1. The molecule has 4 nitrogen and oxygen atoms in total. The van der Waals surface area contributed by atoms with Gasteiger partial charge >= 0.3 is 0 Å². The second-order valence-corrected chi connectivity index (χ2v) is 4.47. The standard InChI is InChI=1S/C13H16F2N4/c1-8-6-12(19(2)18-8)11(17-16)7-9-4-3-5-10(14)13(9)15/h3-6,11,17H,7,16H2,1-2H3. The maximum absolute atomic E-state index is 13.7. The lowest BCUT2D eigenvalue weighted by atomic mass is 10.0. The van der Waals surface area contributed by atoms with Crippen molar-refractivity contribution in [3.05, 3.63) is 52.9 Å². The molecule has 1 heterocycles. The van der Waals surface area contributed by atoms with E-state index in [0.29, 0.717) is 0 Å². The third kappa shape index (κ3) is 2.80. The maximum Gasteiger partial charge on any atom is 0.162 e. The van der Waals surface area contributed by atoms with Crippen molar-refractivity contribution >= 4 is 0 Å². The van der Waals surface area contributed by atoms with Gasteiger partial charge in [0.25, 0.3) is 0 Å². The van der Waals surface area contributed by atoms with Crippen LogP contribution in [0.5, 0.6) is 0 Å². The van der Waals surface area contributed by atoms with Crippen LogP contribution < -0.4 is 11.3 Å². The Morgan fingerprint density at radius 1 is 1.42 bits per heavy atom. The van der Waals surface area contributed by atoms with Crippen molar-refractivity contribution in [3.8, 4) is 0 Å². The van der Waals surface area contributed by atoms with Gasteiger partial charge in [-0.25, -0.2) is 8.78 Å².